The number of nitrogens with two attached hydrogens (primary N) is 1. The van der Waals surface area contributed by atoms with Gasteiger partial charge in [-0.2, -0.15) is 0 Å². The van der Waals surface area contributed by atoms with Gasteiger partial charge in [0.25, 0.3) is 5.91 Å². The fourth-order valence-corrected chi connectivity index (χ4v) is 4.33. The first kappa shape index (κ1) is 21.2. The van der Waals surface area contributed by atoms with Gasteiger partial charge < -0.3 is 21.1 Å². The molecular formula is C19H23ClN4O5. The molecule has 1 aromatic rings. The lowest BCUT2D eigenvalue weighted by Crippen LogP contribution is -2.40. The molecule has 9 nitrogen and oxygen atoms in total. The number of hydrogen-bond acceptors (Lipinski definition) is 6. The first-order valence-corrected chi connectivity index (χ1v) is 9.39. The van der Waals surface area contributed by atoms with E-state index in [1.165, 1.54) is 0 Å². The lowest BCUT2D eigenvalue weighted by atomic mass is 9.81. The lowest BCUT2D eigenvalue weighted by molar-refractivity contribution is -0.145. The van der Waals surface area contributed by atoms with Crippen molar-refractivity contribution in [2.75, 3.05) is 25.0 Å². The van der Waals surface area contributed by atoms with E-state index in [-0.39, 0.29) is 54.4 Å². The van der Waals surface area contributed by atoms with Crippen LogP contribution in [0.25, 0.3) is 0 Å². The summed E-state index contributed by atoms with van der Waals surface area (Å²) in [5.74, 6) is -2.51. The number of nitrogens with one attached hydrogen (secondary N) is 2. The average molecular weight is 423 g/mol. The van der Waals surface area contributed by atoms with Gasteiger partial charge in [-0.15, -0.1) is 12.4 Å². The van der Waals surface area contributed by atoms with E-state index in [9.17, 15) is 19.2 Å². The molecule has 0 radical (unpaired) electrons. The summed E-state index contributed by atoms with van der Waals surface area (Å²) in [5, 5.41) is 5.28. The number of rotatable bonds is 6. The van der Waals surface area contributed by atoms with Crippen LogP contribution in [0.1, 0.15) is 23.2 Å². The van der Waals surface area contributed by atoms with Crippen LogP contribution in [0.5, 0.6) is 0 Å². The molecule has 0 aliphatic carbocycles. The molecule has 3 saturated heterocycles. The van der Waals surface area contributed by atoms with Crippen LogP contribution in [-0.4, -0.2) is 60.4 Å². The molecule has 4 rings (SSSR count). The summed E-state index contributed by atoms with van der Waals surface area (Å²) in [5.41, 5.74) is 5.98. The van der Waals surface area contributed by atoms with Gasteiger partial charge in [0.1, 0.15) is 6.54 Å². The molecule has 156 valence electrons. The molecule has 0 aromatic heterocycles. The molecule has 3 heterocycles. The maximum atomic E-state index is 12.6. The molecule has 0 spiro atoms. The van der Waals surface area contributed by atoms with Crippen molar-refractivity contribution in [3.05, 3.63) is 29.8 Å². The number of imide groups is 1. The van der Waals surface area contributed by atoms with Crippen molar-refractivity contribution in [2.24, 2.45) is 17.6 Å². The third-order valence-corrected chi connectivity index (χ3v) is 5.55. The second kappa shape index (κ2) is 8.48. The first-order chi connectivity index (χ1) is 13.5. The molecule has 2 bridgehead atoms. The van der Waals surface area contributed by atoms with E-state index >= 15 is 0 Å². The number of benzene rings is 1. The molecule has 3 aliphatic heterocycles. The molecule has 0 saturated carbocycles. The summed E-state index contributed by atoms with van der Waals surface area (Å²) in [6, 6.07) is 6.52. The van der Waals surface area contributed by atoms with E-state index < -0.39 is 17.7 Å². The van der Waals surface area contributed by atoms with Gasteiger partial charge in [-0.3, -0.25) is 24.1 Å². The predicted molar refractivity (Wildman–Crippen MR) is 105 cm³/mol. The monoisotopic (exact) mass is 422 g/mol. The Bertz CT molecular complexity index is 820. The number of nitrogens with zero attached hydrogens (tertiary/aromatic N) is 1. The Balaban J connectivity index is 0.00000240. The number of amides is 4. The average Bonchev–Trinajstić information content (AvgIpc) is 3.36. The zero-order valence-corrected chi connectivity index (χ0v) is 16.4. The first-order valence-electron chi connectivity index (χ1n) is 9.39. The van der Waals surface area contributed by atoms with Crippen LogP contribution in [0.15, 0.2) is 24.3 Å². The fraction of sp³-hybridized carbons (Fsp3) is 0.474. The quantitative estimate of drug-likeness (QED) is 0.548. The van der Waals surface area contributed by atoms with Crippen LogP contribution in [0.3, 0.4) is 0 Å². The smallest absolute Gasteiger partial charge is 0.253 e. The maximum absolute atomic E-state index is 12.6. The molecule has 3 fully saturated rings. The van der Waals surface area contributed by atoms with Gasteiger partial charge in [0.15, 0.2) is 0 Å². The summed E-state index contributed by atoms with van der Waals surface area (Å²) in [4.78, 5) is 51.0. The minimum atomic E-state index is -0.533. The van der Waals surface area contributed by atoms with Gasteiger partial charge in [0.2, 0.25) is 17.7 Å². The van der Waals surface area contributed by atoms with Crippen LogP contribution < -0.4 is 16.4 Å². The largest absolute Gasteiger partial charge is 0.373 e. The number of halogens is 1. The van der Waals surface area contributed by atoms with E-state index in [1.807, 2.05) is 0 Å². The Morgan fingerprint density at radius 1 is 1.10 bits per heavy atom. The van der Waals surface area contributed by atoms with Gasteiger partial charge in [0.05, 0.1) is 35.3 Å². The van der Waals surface area contributed by atoms with Crippen molar-refractivity contribution in [3.63, 3.8) is 0 Å². The van der Waals surface area contributed by atoms with Gasteiger partial charge in [-0.05, 0) is 25.0 Å². The number of carbonyl (C=O) groups excluding carboxylic acids is 4. The summed E-state index contributed by atoms with van der Waals surface area (Å²) in [6.07, 6.45) is 1.12. The second-order valence-electron chi connectivity index (χ2n) is 7.24. The van der Waals surface area contributed by atoms with Crippen molar-refractivity contribution >= 4 is 41.7 Å². The van der Waals surface area contributed by atoms with E-state index in [0.29, 0.717) is 18.8 Å². The zero-order valence-electron chi connectivity index (χ0n) is 15.6. The Kier molecular flexibility index (Phi) is 6.21. The van der Waals surface area contributed by atoms with Gasteiger partial charge in [-0.25, -0.2) is 0 Å². The number of para-hydroxylation sites is 1. The highest BCUT2D eigenvalue weighted by atomic mass is 35.5. The van der Waals surface area contributed by atoms with E-state index in [2.05, 4.69) is 10.6 Å². The second-order valence-corrected chi connectivity index (χ2v) is 7.24. The van der Waals surface area contributed by atoms with Gasteiger partial charge in [0, 0.05) is 13.1 Å². The van der Waals surface area contributed by atoms with Gasteiger partial charge >= 0.3 is 0 Å². The molecular weight excluding hydrogens is 400 g/mol. The predicted octanol–water partition coefficient (Wildman–Crippen LogP) is -0.102. The van der Waals surface area contributed by atoms with Crippen molar-refractivity contribution in [2.45, 2.75) is 25.0 Å². The number of anilines is 1. The number of carbonyl (C=O) groups is 4. The molecule has 4 amide bonds. The third kappa shape index (κ3) is 3.73. The third-order valence-electron chi connectivity index (χ3n) is 5.55. The summed E-state index contributed by atoms with van der Waals surface area (Å²) >= 11 is 0. The van der Waals surface area contributed by atoms with Gasteiger partial charge in [-0.1, -0.05) is 12.1 Å². The SMILES string of the molecule is Cl.NCCNC(=O)c1ccccc1NC(=O)CN1C(=O)C2C3CCC(O3)C2C1=O. The standard InChI is InChI=1S/C19H22N4O5.ClH/c20-7-8-21-17(25)10-3-1-2-4-11(10)22-14(24)9-23-18(26)15-12-5-6-13(28-12)16(15)19(23)27;/h1-4,12-13,15-16H,5-9,20H2,(H,21,25)(H,22,24);1H. The Morgan fingerprint density at radius 3 is 2.34 bits per heavy atom. The maximum Gasteiger partial charge on any atom is 0.253 e. The highest BCUT2D eigenvalue weighted by molar-refractivity contribution is 6.10. The normalized spacial score (nSPS) is 26.9. The fourth-order valence-electron chi connectivity index (χ4n) is 4.33. The van der Waals surface area contributed by atoms with Crippen LogP contribution in [-0.2, 0) is 19.1 Å². The minimum absolute atomic E-state index is 0. The topological polar surface area (TPSA) is 131 Å². The van der Waals surface area contributed by atoms with Crippen molar-refractivity contribution in [3.8, 4) is 0 Å². The Hall–Kier alpha value is -2.49. The summed E-state index contributed by atoms with van der Waals surface area (Å²) < 4.78 is 5.68. The molecule has 29 heavy (non-hydrogen) atoms. The van der Waals surface area contributed by atoms with Crippen LogP contribution in [0.2, 0.25) is 0 Å². The van der Waals surface area contributed by atoms with Crippen molar-refractivity contribution < 1.29 is 23.9 Å². The number of fused-ring (bicyclic) bond motifs is 5. The number of hydrogen-bond donors (Lipinski definition) is 3. The highest BCUT2D eigenvalue weighted by Gasteiger charge is 2.62. The van der Waals surface area contributed by atoms with E-state index in [4.69, 9.17) is 10.5 Å². The van der Waals surface area contributed by atoms with Crippen molar-refractivity contribution in [1.29, 1.82) is 0 Å². The highest BCUT2D eigenvalue weighted by Crippen LogP contribution is 2.48. The van der Waals surface area contributed by atoms with Crippen molar-refractivity contribution in [1.82, 2.24) is 10.2 Å². The molecule has 4 N–H and O–H groups in total. The minimum Gasteiger partial charge on any atom is -0.373 e. The zero-order chi connectivity index (χ0) is 19.8. The summed E-state index contributed by atoms with van der Waals surface area (Å²) in [6.45, 7) is 0.238. The lowest BCUT2D eigenvalue weighted by Gasteiger charge is -2.17. The van der Waals surface area contributed by atoms with Crippen LogP contribution in [0.4, 0.5) is 5.69 Å². The van der Waals surface area contributed by atoms with E-state index in [1.54, 1.807) is 24.3 Å². The Morgan fingerprint density at radius 2 is 1.72 bits per heavy atom. The molecule has 10 heteroatoms. The Labute approximate surface area is 173 Å². The van der Waals surface area contributed by atoms with E-state index in [0.717, 1.165) is 17.7 Å². The number of likely N-dealkylation sites (tertiary alicyclic amines) is 1. The molecule has 4 atom stereocenters. The number of ether oxygens (including phenoxy) is 1. The summed E-state index contributed by atoms with van der Waals surface area (Å²) in [7, 11) is 0. The molecule has 1 aromatic carbocycles. The van der Waals surface area contributed by atoms with Crippen LogP contribution >= 0.6 is 12.4 Å². The molecule has 4 unspecified atom stereocenters. The molecule has 3 aliphatic rings. The van der Waals surface area contributed by atoms with Crippen LogP contribution in [0, 0.1) is 11.8 Å².